The molecule has 0 aliphatic carbocycles. The number of carbonyl (C=O) groups is 1. The highest BCUT2D eigenvalue weighted by molar-refractivity contribution is 5.78. The molecule has 0 atom stereocenters. The molecular weight excluding hydrogens is 242 g/mol. The summed E-state index contributed by atoms with van der Waals surface area (Å²) < 4.78 is 0. The first-order valence-electron chi connectivity index (χ1n) is 6.18. The van der Waals surface area contributed by atoms with Crippen molar-refractivity contribution in [3.63, 3.8) is 0 Å². The minimum atomic E-state index is -0.797. The van der Waals surface area contributed by atoms with E-state index in [0.717, 1.165) is 10.9 Å². The van der Waals surface area contributed by atoms with Crippen molar-refractivity contribution >= 4 is 22.8 Å². The fourth-order valence-electron chi connectivity index (χ4n) is 1.82. The number of para-hydroxylation sites is 1. The van der Waals surface area contributed by atoms with Gasteiger partial charge < -0.3 is 10.4 Å². The van der Waals surface area contributed by atoms with Crippen molar-refractivity contribution < 1.29 is 9.90 Å². The van der Waals surface area contributed by atoms with Crippen LogP contribution in [0.4, 0.5) is 5.95 Å². The summed E-state index contributed by atoms with van der Waals surface area (Å²) in [5.74, 6) is -0.275. The Labute approximate surface area is 111 Å². The van der Waals surface area contributed by atoms with Crippen molar-refractivity contribution in [2.75, 3.05) is 5.32 Å². The van der Waals surface area contributed by atoms with Gasteiger partial charge in [0.1, 0.15) is 0 Å². The molecular formula is C14H17N3O2. The van der Waals surface area contributed by atoms with Crippen LogP contribution in [-0.2, 0) is 4.79 Å². The third-order valence-corrected chi connectivity index (χ3v) is 2.90. The molecule has 0 saturated carbocycles. The fourth-order valence-corrected chi connectivity index (χ4v) is 1.82. The van der Waals surface area contributed by atoms with E-state index >= 15 is 0 Å². The lowest BCUT2D eigenvalue weighted by molar-refractivity contribution is -0.137. The molecule has 0 saturated heterocycles. The van der Waals surface area contributed by atoms with Gasteiger partial charge in [0.2, 0.25) is 5.95 Å². The molecule has 1 aromatic heterocycles. The van der Waals surface area contributed by atoms with Crippen LogP contribution in [0.15, 0.2) is 30.5 Å². The van der Waals surface area contributed by atoms with Gasteiger partial charge in [-0.25, -0.2) is 9.97 Å². The first kappa shape index (κ1) is 13.3. The first-order valence-corrected chi connectivity index (χ1v) is 6.18. The minimum absolute atomic E-state index is 0.119. The minimum Gasteiger partial charge on any atom is -0.481 e. The molecule has 100 valence electrons. The molecule has 2 aromatic rings. The Morgan fingerprint density at radius 1 is 1.37 bits per heavy atom. The van der Waals surface area contributed by atoms with Crippen molar-refractivity contribution in [3.05, 3.63) is 30.5 Å². The number of benzene rings is 1. The smallest absolute Gasteiger partial charge is 0.303 e. The summed E-state index contributed by atoms with van der Waals surface area (Å²) in [6, 6.07) is 7.74. The van der Waals surface area contributed by atoms with E-state index in [9.17, 15) is 4.79 Å². The zero-order valence-corrected chi connectivity index (χ0v) is 11.1. The molecule has 0 aliphatic rings. The van der Waals surface area contributed by atoms with E-state index in [1.54, 1.807) is 6.20 Å². The Morgan fingerprint density at radius 3 is 2.84 bits per heavy atom. The average molecular weight is 259 g/mol. The maximum absolute atomic E-state index is 10.6. The molecule has 0 spiro atoms. The lowest BCUT2D eigenvalue weighted by Crippen LogP contribution is -2.32. The molecule has 0 radical (unpaired) electrons. The number of hydrogen-bond donors (Lipinski definition) is 2. The maximum atomic E-state index is 10.6. The molecule has 19 heavy (non-hydrogen) atoms. The number of hydrogen-bond acceptors (Lipinski definition) is 4. The van der Waals surface area contributed by atoms with Gasteiger partial charge in [0.25, 0.3) is 0 Å². The Balaban J connectivity index is 2.13. The summed E-state index contributed by atoms with van der Waals surface area (Å²) in [6.07, 6.45) is 2.39. The molecule has 0 bridgehead atoms. The van der Waals surface area contributed by atoms with Crippen molar-refractivity contribution in [2.45, 2.75) is 32.2 Å². The average Bonchev–Trinajstić information content (AvgIpc) is 2.36. The zero-order chi connectivity index (χ0) is 13.9. The fraction of sp³-hybridized carbons (Fsp3) is 0.357. The molecule has 0 amide bonds. The van der Waals surface area contributed by atoms with Gasteiger partial charge in [-0.15, -0.1) is 0 Å². The van der Waals surface area contributed by atoms with Gasteiger partial charge >= 0.3 is 5.97 Å². The lowest BCUT2D eigenvalue weighted by atomic mass is 9.99. The summed E-state index contributed by atoms with van der Waals surface area (Å²) in [7, 11) is 0. The number of aliphatic carboxylic acids is 1. The number of rotatable bonds is 5. The van der Waals surface area contributed by atoms with Gasteiger partial charge in [0, 0.05) is 23.5 Å². The van der Waals surface area contributed by atoms with Crippen LogP contribution in [0.5, 0.6) is 0 Å². The highest BCUT2D eigenvalue weighted by atomic mass is 16.4. The monoisotopic (exact) mass is 259 g/mol. The van der Waals surface area contributed by atoms with Crippen molar-refractivity contribution in [3.8, 4) is 0 Å². The van der Waals surface area contributed by atoms with Crippen molar-refractivity contribution in [1.82, 2.24) is 9.97 Å². The molecule has 0 aliphatic heterocycles. The van der Waals surface area contributed by atoms with Gasteiger partial charge in [-0.05, 0) is 26.3 Å². The third kappa shape index (κ3) is 3.64. The van der Waals surface area contributed by atoms with Crippen LogP contribution in [0, 0.1) is 0 Å². The SMILES string of the molecule is CC(C)(CCC(=O)O)Nc1ncc2ccccc2n1. The molecule has 0 fully saturated rings. The number of carboxylic acid groups (broad SMARTS) is 1. The number of anilines is 1. The summed E-state index contributed by atoms with van der Waals surface area (Å²) in [5, 5.41) is 12.9. The predicted octanol–water partition coefficient (Wildman–Crippen LogP) is 2.69. The predicted molar refractivity (Wildman–Crippen MR) is 74.1 cm³/mol. The van der Waals surface area contributed by atoms with Crippen molar-refractivity contribution in [1.29, 1.82) is 0 Å². The maximum Gasteiger partial charge on any atom is 0.303 e. The van der Waals surface area contributed by atoms with Crippen molar-refractivity contribution in [2.24, 2.45) is 0 Å². The summed E-state index contributed by atoms with van der Waals surface area (Å²) in [4.78, 5) is 19.3. The number of nitrogens with zero attached hydrogens (tertiary/aromatic N) is 2. The third-order valence-electron chi connectivity index (χ3n) is 2.90. The van der Waals surface area contributed by atoms with E-state index in [2.05, 4.69) is 15.3 Å². The van der Waals surface area contributed by atoms with Crippen LogP contribution in [-0.4, -0.2) is 26.6 Å². The van der Waals surface area contributed by atoms with Gasteiger partial charge in [-0.3, -0.25) is 4.79 Å². The van der Waals surface area contributed by atoms with Crippen LogP contribution in [0.25, 0.3) is 10.9 Å². The van der Waals surface area contributed by atoms with Crippen LogP contribution in [0.2, 0.25) is 0 Å². The highest BCUT2D eigenvalue weighted by Crippen LogP contribution is 2.18. The van der Waals surface area contributed by atoms with E-state index < -0.39 is 5.97 Å². The number of carboxylic acids is 1. The van der Waals surface area contributed by atoms with Gasteiger partial charge in [-0.1, -0.05) is 18.2 Å². The van der Waals surface area contributed by atoms with Crippen LogP contribution in [0.1, 0.15) is 26.7 Å². The zero-order valence-electron chi connectivity index (χ0n) is 11.1. The first-order chi connectivity index (χ1) is 8.96. The van der Waals surface area contributed by atoms with Gasteiger partial charge in [0.05, 0.1) is 5.52 Å². The molecule has 5 heteroatoms. The van der Waals surface area contributed by atoms with E-state index in [1.807, 2.05) is 38.1 Å². The molecule has 2 rings (SSSR count). The second-order valence-electron chi connectivity index (χ2n) is 5.16. The normalized spacial score (nSPS) is 11.5. The topological polar surface area (TPSA) is 75.1 Å². The molecule has 5 nitrogen and oxygen atoms in total. The number of nitrogens with one attached hydrogen (secondary N) is 1. The highest BCUT2D eigenvalue weighted by Gasteiger charge is 2.20. The summed E-state index contributed by atoms with van der Waals surface area (Å²) in [6.45, 7) is 3.88. The quantitative estimate of drug-likeness (QED) is 0.863. The standard InChI is InChI=1S/C14H17N3O2/c1-14(2,8-7-12(18)19)17-13-15-9-10-5-3-4-6-11(10)16-13/h3-6,9H,7-8H2,1-2H3,(H,18,19)(H,15,16,17). The Kier molecular flexibility index (Phi) is 3.64. The lowest BCUT2D eigenvalue weighted by Gasteiger charge is -2.25. The number of aromatic nitrogens is 2. The number of fused-ring (bicyclic) bond motifs is 1. The molecule has 0 unspecified atom stereocenters. The van der Waals surface area contributed by atoms with E-state index in [-0.39, 0.29) is 12.0 Å². The van der Waals surface area contributed by atoms with Gasteiger partial charge in [-0.2, -0.15) is 0 Å². The molecule has 2 N–H and O–H groups in total. The van der Waals surface area contributed by atoms with E-state index in [0.29, 0.717) is 12.4 Å². The Hall–Kier alpha value is -2.17. The Morgan fingerprint density at radius 2 is 2.11 bits per heavy atom. The molecule has 1 heterocycles. The van der Waals surface area contributed by atoms with E-state index in [4.69, 9.17) is 5.11 Å². The van der Waals surface area contributed by atoms with Crippen LogP contribution >= 0.6 is 0 Å². The largest absolute Gasteiger partial charge is 0.481 e. The summed E-state index contributed by atoms with van der Waals surface area (Å²) >= 11 is 0. The summed E-state index contributed by atoms with van der Waals surface area (Å²) in [5.41, 5.74) is 0.509. The van der Waals surface area contributed by atoms with E-state index in [1.165, 1.54) is 0 Å². The van der Waals surface area contributed by atoms with Gasteiger partial charge in [0.15, 0.2) is 0 Å². The van der Waals surface area contributed by atoms with Crippen LogP contribution < -0.4 is 5.32 Å². The molecule has 1 aromatic carbocycles. The second-order valence-corrected chi connectivity index (χ2v) is 5.16. The van der Waals surface area contributed by atoms with Crippen LogP contribution in [0.3, 0.4) is 0 Å². The Bertz CT molecular complexity index is 596. The second kappa shape index (κ2) is 5.22.